The van der Waals surface area contributed by atoms with Gasteiger partial charge < -0.3 is 5.73 Å². The largest absolute Gasteiger partial charge is 0.321 e. The number of carbonyl (C=O) groups is 1. The first-order chi connectivity index (χ1) is 11.6. The van der Waals surface area contributed by atoms with Gasteiger partial charge in [0, 0.05) is 0 Å². The smallest absolute Gasteiger partial charge is 0.174 e. The van der Waals surface area contributed by atoms with Gasteiger partial charge in [-0.25, -0.2) is 0 Å². The number of hydrogen-bond acceptors (Lipinski definition) is 2. The Morgan fingerprint density at radius 1 is 0.750 bits per heavy atom. The van der Waals surface area contributed by atoms with Crippen LogP contribution in [0.3, 0.4) is 0 Å². The van der Waals surface area contributed by atoms with Gasteiger partial charge in [-0.1, -0.05) is 110 Å². The number of rotatable bonds is 18. The molecule has 0 saturated carbocycles. The Hall–Kier alpha value is -0.630. The SMILES string of the molecule is C=C(C)C(=O)C(N)CCCCCCCCCCCCCCCCC. The Kier molecular flexibility index (Phi) is 16.7. The van der Waals surface area contributed by atoms with Crippen molar-refractivity contribution in [1.82, 2.24) is 0 Å². The summed E-state index contributed by atoms with van der Waals surface area (Å²) in [6, 6.07) is -0.329. The summed E-state index contributed by atoms with van der Waals surface area (Å²) in [6.45, 7) is 7.69. The lowest BCUT2D eigenvalue weighted by Gasteiger charge is -2.09. The summed E-state index contributed by atoms with van der Waals surface area (Å²) in [7, 11) is 0. The number of ketones is 1. The zero-order valence-corrected chi connectivity index (χ0v) is 16.6. The van der Waals surface area contributed by atoms with Crippen LogP contribution >= 0.6 is 0 Å². The van der Waals surface area contributed by atoms with Crippen molar-refractivity contribution in [1.29, 1.82) is 0 Å². The van der Waals surface area contributed by atoms with Crippen LogP contribution < -0.4 is 5.73 Å². The maximum atomic E-state index is 11.6. The molecule has 0 aliphatic rings. The van der Waals surface area contributed by atoms with E-state index in [1.54, 1.807) is 6.92 Å². The summed E-state index contributed by atoms with van der Waals surface area (Å²) in [6.07, 6.45) is 21.2. The van der Waals surface area contributed by atoms with Crippen LogP contribution in [0.1, 0.15) is 117 Å². The monoisotopic (exact) mass is 337 g/mol. The lowest BCUT2D eigenvalue weighted by molar-refractivity contribution is -0.116. The van der Waals surface area contributed by atoms with Gasteiger partial charge in [-0.05, 0) is 18.9 Å². The van der Waals surface area contributed by atoms with Gasteiger partial charge in [-0.3, -0.25) is 4.79 Å². The molecule has 0 aromatic carbocycles. The van der Waals surface area contributed by atoms with Crippen LogP contribution in [0, 0.1) is 0 Å². The standard InChI is InChI=1S/C22H43NO/c1-4-5-6-7-8-9-10-11-12-13-14-15-16-17-18-19-21(23)22(24)20(2)3/h21H,2,4-19,23H2,1,3H3. The third-order valence-corrected chi connectivity index (χ3v) is 4.88. The molecule has 0 aromatic heterocycles. The highest BCUT2D eigenvalue weighted by Crippen LogP contribution is 2.14. The Labute approximate surface area is 151 Å². The number of unbranched alkanes of at least 4 members (excludes halogenated alkanes) is 14. The molecule has 2 N–H and O–H groups in total. The molecule has 0 aliphatic carbocycles. The Morgan fingerprint density at radius 2 is 1.08 bits per heavy atom. The fourth-order valence-corrected chi connectivity index (χ4v) is 3.18. The second-order valence-electron chi connectivity index (χ2n) is 7.49. The summed E-state index contributed by atoms with van der Waals surface area (Å²) in [4.78, 5) is 11.6. The minimum absolute atomic E-state index is 0.0281. The van der Waals surface area contributed by atoms with E-state index in [4.69, 9.17) is 5.73 Å². The number of carbonyl (C=O) groups excluding carboxylic acids is 1. The molecule has 0 aromatic rings. The Balaban J connectivity index is 3.18. The van der Waals surface area contributed by atoms with E-state index in [1.165, 1.54) is 89.9 Å². The highest BCUT2D eigenvalue weighted by molar-refractivity contribution is 5.98. The second kappa shape index (κ2) is 17.2. The molecule has 0 bridgehead atoms. The zero-order chi connectivity index (χ0) is 18.0. The third kappa shape index (κ3) is 14.9. The fourth-order valence-electron chi connectivity index (χ4n) is 3.18. The molecular formula is C22H43NO. The lowest BCUT2D eigenvalue weighted by Crippen LogP contribution is -2.30. The average Bonchev–Trinajstić information content (AvgIpc) is 2.57. The molecule has 0 rings (SSSR count). The van der Waals surface area contributed by atoms with Crippen LogP contribution in [0.4, 0.5) is 0 Å². The van der Waals surface area contributed by atoms with Crippen LogP contribution in [0.25, 0.3) is 0 Å². The maximum absolute atomic E-state index is 11.6. The predicted octanol–water partition coefficient (Wildman–Crippen LogP) is 6.72. The van der Waals surface area contributed by atoms with Gasteiger partial charge in [0.2, 0.25) is 0 Å². The van der Waals surface area contributed by atoms with Crippen molar-refractivity contribution in [3.63, 3.8) is 0 Å². The molecular weight excluding hydrogens is 294 g/mol. The normalized spacial score (nSPS) is 12.3. The van der Waals surface area contributed by atoms with Crippen LogP contribution in [0.15, 0.2) is 12.2 Å². The van der Waals surface area contributed by atoms with Crippen molar-refractivity contribution < 1.29 is 4.79 Å². The molecule has 1 unspecified atom stereocenters. The van der Waals surface area contributed by atoms with Crippen molar-refractivity contribution in [2.75, 3.05) is 0 Å². The molecule has 0 fully saturated rings. The summed E-state index contributed by atoms with van der Waals surface area (Å²) in [5.41, 5.74) is 6.45. The molecule has 2 nitrogen and oxygen atoms in total. The van der Waals surface area contributed by atoms with Crippen LogP contribution in [-0.4, -0.2) is 11.8 Å². The summed E-state index contributed by atoms with van der Waals surface area (Å²) in [5.74, 6) is 0.0281. The maximum Gasteiger partial charge on any atom is 0.174 e. The number of nitrogens with two attached hydrogens (primary N) is 1. The molecule has 0 radical (unpaired) electrons. The predicted molar refractivity (Wildman–Crippen MR) is 107 cm³/mol. The van der Waals surface area contributed by atoms with Gasteiger partial charge in [-0.15, -0.1) is 0 Å². The van der Waals surface area contributed by atoms with E-state index in [0.29, 0.717) is 5.57 Å². The lowest BCUT2D eigenvalue weighted by atomic mass is 10.00. The van der Waals surface area contributed by atoms with Gasteiger partial charge in [-0.2, -0.15) is 0 Å². The van der Waals surface area contributed by atoms with E-state index in [1.807, 2.05) is 0 Å². The zero-order valence-electron chi connectivity index (χ0n) is 16.6. The third-order valence-electron chi connectivity index (χ3n) is 4.88. The average molecular weight is 338 g/mol. The van der Waals surface area contributed by atoms with Crippen LogP contribution in [0.5, 0.6) is 0 Å². The summed E-state index contributed by atoms with van der Waals surface area (Å²) < 4.78 is 0. The van der Waals surface area contributed by atoms with Crippen molar-refractivity contribution in [3.05, 3.63) is 12.2 Å². The van der Waals surface area contributed by atoms with E-state index >= 15 is 0 Å². The van der Waals surface area contributed by atoms with Crippen LogP contribution in [0.2, 0.25) is 0 Å². The first-order valence-electron chi connectivity index (χ1n) is 10.5. The van der Waals surface area contributed by atoms with E-state index in [0.717, 1.165) is 12.8 Å². The first-order valence-corrected chi connectivity index (χ1v) is 10.5. The molecule has 0 saturated heterocycles. The van der Waals surface area contributed by atoms with Gasteiger partial charge >= 0.3 is 0 Å². The molecule has 0 heterocycles. The quantitative estimate of drug-likeness (QED) is 0.223. The molecule has 0 amide bonds. The van der Waals surface area contributed by atoms with E-state index < -0.39 is 0 Å². The topological polar surface area (TPSA) is 43.1 Å². The molecule has 142 valence electrons. The van der Waals surface area contributed by atoms with E-state index in [2.05, 4.69) is 13.5 Å². The van der Waals surface area contributed by atoms with E-state index in [9.17, 15) is 4.79 Å². The van der Waals surface area contributed by atoms with Crippen molar-refractivity contribution in [3.8, 4) is 0 Å². The minimum Gasteiger partial charge on any atom is -0.321 e. The van der Waals surface area contributed by atoms with Crippen molar-refractivity contribution in [2.24, 2.45) is 5.73 Å². The highest BCUT2D eigenvalue weighted by atomic mass is 16.1. The molecule has 24 heavy (non-hydrogen) atoms. The van der Waals surface area contributed by atoms with Gasteiger partial charge in [0.05, 0.1) is 6.04 Å². The molecule has 0 aliphatic heterocycles. The fraction of sp³-hybridized carbons (Fsp3) is 0.864. The van der Waals surface area contributed by atoms with Gasteiger partial charge in [0.25, 0.3) is 0 Å². The summed E-state index contributed by atoms with van der Waals surface area (Å²) >= 11 is 0. The van der Waals surface area contributed by atoms with Crippen molar-refractivity contribution in [2.45, 2.75) is 123 Å². The number of Topliss-reactive ketones (excluding diaryl/α,β-unsaturated/α-hetero) is 1. The van der Waals surface area contributed by atoms with Gasteiger partial charge in [0.1, 0.15) is 0 Å². The van der Waals surface area contributed by atoms with Gasteiger partial charge in [0.15, 0.2) is 5.78 Å². The minimum atomic E-state index is -0.329. The molecule has 1 atom stereocenters. The molecule has 0 spiro atoms. The Morgan fingerprint density at radius 3 is 1.42 bits per heavy atom. The van der Waals surface area contributed by atoms with Crippen LogP contribution in [-0.2, 0) is 4.79 Å². The molecule has 2 heteroatoms. The Bertz CT molecular complexity index is 311. The summed E-state index contributed by atoms with van der Waals surface area (Å²) in [5, 5.41) is 0. The number of hydrogen-bond donors (Lipinski definition) is 1. The second-order valence-corrected chi connectivity index (χ2v) is 7.49. The first kappa shape index (κ1) is 23.4. The highest BCUT2D eigenvalue weighted by Gasteiger charge is 2.12. The van der Waals surface area contributed by atoms with E-state index in [-0.39, 0.29) is 11.8 Å². The van der Waals surface area contributed by atoms with Crippen molar-refractivity contribution >= 4 is 5.78 Å².